The summed E-state index contributed by atoms with van der Waals surface area (Å²) in [6.45, 7) is 0.968. The van der Waals surface area contributed by atoms with Crippen LogP contribution in [0, 0.1) is 5.82 Å². The van der Waals surface area contributed by atoms with Crippen molar-refractivity contribution in [3.63, 3.8) is 0 Å². The summed E-state index contributed by atoms with van der Waals surface area (Å²) in [6.07, 6.45) is 3.70. The van der Waals surface area contributed by atoms with Crippen molar-refractivity contribution in [3.8, 4) is 16.9 Å². The number of carbonyl (C=O) groups is 1. The van der Waals surface area contributed by atoms with Crippen molar-refractivity contribution in [2.75, 3.05) is 26.0 Å². The molecule has 0 aliphatic carbocycles. The van der Waals surface area contributed by atoms with E-state index >= 15 is 0 Å². The number of phenolic OH excluding ortho intramolecular Hbond substituents is 1. The number of hydrogen-bond donors (Lipinski definition) is 2. The molecule has 34 heavy (non-hydrogen) atoms. The molecule has 174 valence electrons. The van der Waals surface area contributed by atoms with Gasteiger partial charge in [-0.25, -0.2) is 4.39 Å². The molecule has 0 saturated carbocycles. The Balaban J connectivity index is 1.75. The van der Waals surface area contributed by atoms with Crippen LogP contribution in [0.5, 0.6) is 5.75 Å². The van der Waals surface area contributed by atoms with Crippen LogP contribution in [-0.2, 0) is 17.6 Å². The van der Waals surface area contributed by atoms with E-state index in [0.717, 1.165) is 47.1 Å². The molecule has 7 heteroatoms. The van der Waals surface area contributed by atoms with Gasteiger partial charge in [0, 0.05) is 35.8 Å². The van der Waals surface area contributed by atoms with Gasteiger partial charge in [0.1, 0.15) is 6.29 Å². The lowest BCUT2D eigenvalue weighted by molar-refractivity contribution is -0.107. The normalized spacial score (nSPS) is 11.2. The molecule has 0 spiro atoms. The number of aldehydes is 1. The van der Waals surface area contributed by atoms with Crippen molar-refractivity contribution in [1.82, 2.24) is 9.88 Å². The number of likely N-dealkylation sites (N-methyl/N-ethyl adjacent to an activating group) is 1. The van der Waals surface area contributed by atoms with Crippen LogP contribution in [0.4, 0.5) is 15.8 Å². The van der Waals surface area contributed by atoms with E-state index in [0.29, 0.717) is 11.1 Å². The largest absolute Gasteiger partial charge is 0.504 e. The minimum atomic E-state index is -0.789. The van der Waals surface area contributed by atoms with Gasteiger partial charge in [-0.3, -0.25) is 4.98 Å². The van der Waals surface area contributed by atoms with Crippen LogP contribution in [0.2, 0.25) is 5.02 Å². The molecule has 0 radical (unpaired) electrons. The van der Waals surface area contributed by atoms with Gasteiger partial charge < -0.3 is 20.1 Å². The molecule has 0 fully saturated rings. The third-order valence-electron chi connectivity index (χ3n) is 5.67. The molecule has 0 atom stereocenters. The average molecular weight is 478 g/mol. The van der Waals surface area contributed by atoms with Gasteiger partial charge in [0.15, 0.2) is 11.6 Å². The quantitative estimate of drug-likeness (QED) is 0.305. The molecule has 0 aliphatic heterocycles. The smallest absolute Gasteiger partial charge is 0.170 e. The number of anilines is 2. The van der Waals surface area contributed by atoms with E-state index in [-0.39, 0.29) is 11.4 Å². The van der Waals surface area contributed by atoms with Crippen molar-refractivity contribution in [3.05, 3.63) is 82.8 Å². The van der Waals surface area contributed by atoms with Gasteiger partial charge in [0.2, 0.25) is 0 Å². The lowest BCUT2D eigenvalue weighted by Crippen LogP contribution is -2.14. The number of phenols is 1. The first-order valence-corrected chi connectivity index (χ1v) is 11.3. The summed E-state index contributed by atoms with van der Waals surface area (Å²) >= 11 is 5.99. The lowest BCUT2D eigenvalue weighted by Gasteiger charge is -2.16. The fourth-order valence-electron chi connectivity index (χ4n) is 3.79. The summed E-state index contributed by atoms with van der Waals surface area (Å²) in [7, 11) is 4.10. The monoisotopic (exact) mass is 477 g/mol. The molecule has 3 aromatic carbocycles. The molecule has 0 saturated heterocycles. The molecule has 0 unspecified atom stereocenters. The summed E-state index contributed by atoms with van der Waals surface area (Å²) in [5, 5.41) is 13.9. The lowest BCUT2D eigenvalue weighted by atomic mass is 10.00. The van der Waals surface area contributed by atoms with Gasteiger partial charge in [0.25, 0.3) is 0 Å². The highest BCUT2D eigenvalue weighted by Gasteiger charge is 2.14. The van der Waals surface area contributed by atoms with Crippen molar-refractivity contribution >= 4 is 40.2 Å². The maximum atomic E-state index is 14.1. The highest BCUT2D eigenvalue weighted by Crippen LogP contribution is 2.36. The first-order valence-electron chi connectivity index (χ1n) is 10.9. The van der Waals surface area contributed by atoms with E-state index < -0.39 is 11.6 Å². The first-order chi connectivity index (χ1) is 16.4. The topological polar surface area (TPSA) is 65.5 Å². The summed E-state index contributed by atoms with van der Waals surface area (Å²) < 4.78 is 14.1. The van der Waals surface area contributed by atoms with E-state index in [2.05, 4.69) is 27.3 Å². The Morgan fingerprint density at radius 3 is 2.53 bits per heavy atom. The van der Waals surface area contributed by atoms with Gasteiger partial charge in [-0.05, 0) is 73.6 Å². The molecular formula is C27H25ClFN3O2. The number of halogens is 2. The summed E-state index contributed by atoms with van der Waals surface area (Å²) in [4.78, 5) is 18.0. The zero-order chi connectivity index (χ0) is 24.2. The Morgan fingerprint density at radius 2 is 1.85 bits per heavy atom. The third-order valence-corrected chi connectivity index (χ3v) is 5.96. The second kappa shape index (κ2) is 10.2. The summed E-state index contributed by atoms with van der Waals surface area (Å²) in [6, 6.07) is 16.5. The van der Waals surface area contributed by atoms with Crippen LogP contribution in [0.15, 0.2) is 60.8 Å². The third kappa shape index (κ3) is 5.19. The van der Waals surface area contributed by atoms with Crippen molar-refractivity contribution in [1.29, 1.82) is 0 Å². The van der Waals surface area contributed by atoms with Crippen LogP contribution in [0.1, 0.15) is 11.1 Å². The zero-order valence-corrected chi connectivity index (χ0v) is 19.7. The van der Waals surface area contributed by atoms with E-state index in [1.165, 1.54) is 17.7 Å². The second-order valence-electron chi connectivity index (χ2n) is 8.42. The summed E-state index contributed by atoms with van der Waals surface area (Å²) in [5.74, 6) is -1.36. The minimum Gasteiger partial charge on any atom is -0.504 e. The fourth-order valence-corrected chi connectivity index (χ4v) is 4.00. The zero-order valence-electron chi connectivity index (χ0n) is 19.0. The fraction of sp³-hybridized carbons (Fsp3) is 0.185. The first kappa shape index (κ1) is 23.7. The number of aromatic nitrogens is 1. The molecule has 4 aromatic rings. The van der Waals surface area contributed by atoms with Gasteiger partial charge >= 0.3 is 0 Å². The highest BCUT2D eigenvalue weighted by atomic mass is 35.5. The number of nitrogens with zero attached hydrogens (tertiary/aromatic N) is 2. The Kier molecular flexibility index (Phi) is 7.10. The number of benzene rings is 3. The Bertz CT molecular complexity index is 1320. The van der Waals surface area contributed by atoms with E-state index in [1.54, 1.807) is 6.20 Å². The molecule has 0 bridgehead atoms. The van der Waals surface area contributed by atoms with Crippen molar-refractivity contribution < 1.29 is 14.3 Å². The number of nitrogens with one attached hydrogen (secondary N) is 1. The number of pyridine rings is 1. The summed E-state index contributed by atoms with van der Waals surface area (Å²) in [5.41, 5.74) is 5.61. The Morgan fingerprint density at radius 1 is 1.09 bits per heavy atom. The number of rotatable bonds is 8. The van der Waals surface area contributed by atoms with Crippen molar-refractivity contribution in [2.45, 2.75) is 12.8 Å². The SMILES string of the molecule is CN(C)CCc1ccc(Nc2c(CC=O)cnc3ccc(-c4cc(F)c(O)c(Cl)c4)cc23)cc1. The van der Waals surface area contributed by atoms with E-state index in [9.17, 15) is 14.3 Å². The maximum Gasteiger partial charge on any atom is 0.170 e. The predicted octanol–water partition coefficient (Wildman–Crippen LogP) is 5.99. The second-order valence-corrected chi connectivity index (χ2v) is 8.83. The Labute approximate surface area is 202 Å². The number of carbonyl (C=O) groups excluding carboxylic acids is 1. The van der Waals surface area contributed by atoms with Crippen LogP contribution < -0.4 is 5.32 Å². The molecule has 0 amide bonds. The number of aromatic hydroxyl groups is 1. The standard InChI is InChI=1S/C27H25ClFN3O2/c1-32(2)11-9-17-3-6-21(7-4-17)31-26-19(10-12-33)16-30-25-8-5-18(13-22(25)26)20-14-23(28)27(34)24(29)15-20/h3-8,12-16,34H,9-11H2,1-2H3,(H,30,31). The van der Waals surface area contributed by atoms with E-state index in [1.807, 2.05) is 44.4 Å². The van der Waals surface area contributed by atoms with Crippen LogP contribution >= 0.6 is 11.6 Å². The highest BCUT2D eigenvalue weighted by molar-refractivity contribution is 6.32. The molecule has 5 nitrogen and oxygen atoms in total. The number of fused-ring (bicyclic) bond motifs is 1. The van der Waals surface area contributed by atoms with Gasteiger partial charge in [-0.2, -0.15) is 0 Å². The Hall–Kier alpha value is -3.48. The van der Waals surface area contributed by atoms with Gasteiger partial charge in [0.05, 0.1) is 16.2 Å². The van der Waals surface area contributed by atoms with E-state index in [4.69, 9.17) is 11.6 Å². The van der Waals surface area contributed by atoms with Crippen molar-refractivity contribution in [2.24, 2.45) is 0 Å². The molecular weight excluding hydrogens is 453 g/mol. The minimum absolute atomic E-state index is 0.0596. The van der Waals surface area contributed by atoms with Gasteiger partial charge in [-0.1, -0.05) is 29.8 Å². The van der Waals surface area contributed by atoms with Crippen LogP contribution in [0.3, 0.4) is 0 Å². The molecule has 2 N–H and O–H groups in total. The molecule has 0 aliphatic rings. The number of hydrogen-bond acceptors (Lipinski definition) is 5. The van der Waals surface area contributed by atoms with Crippen LogP contribution in [0.25, 0.3) is 22.0 Å². The molecule has 1 heterocycles. The average Bonchev–Trinajstić information content (AvgIpc) is 2.83. The van der Waals surface area contributed by atoms with Crippen LogP contribution in [-0.4, -0.2) is 41.9 Å². The molecule has 4 rings (SSSR count). The molecule has 1 aromatic heterocycles. The van der Waals surface area contributed by atoms with Gasteiger partial charge in [-0.15, -0.1) is 0 Å². The predicted molar refractivity (Wildman–Crippen MR) is 136 cm³/mol. The maximum absolute atomic E-state index is 14.1.